The number of fused-ring (bicyclic) bond motifs is 1. The Balaban J connectivity index is 1.53. The summed E-state index contributed by atoms with van der Waals surface area (Å²) >= 11 is 1.30. The van der Waals surface area contributed by atoms with E-state index in [4.69, 9.17) is 0 Å². The van der Waals surface area contributed by atoms with E-state index < -0.39 is 18.6 Å². The fourth-order valence-corrected chi connectivity index (χ4v) is 3.94. The Bertz CT molecular complexity index is 1070. The van der Waals surface area contributed by atoms with Crippen LogP contribution in [0.2, 0.25) is 0 Å². The number of rotatable bonds is 4. The first-order valence-electron chi connectivity index (χ1n) is 9.21. The normalized spacial score (nSPS) is 20.1. The molecule has 11 nitrogen and oxygen atoms in total. The zero-order chi connectivity index (χ0) is 21.6. The maximum Gasteiger partial charge on any atom is 0.248 e. The molecule has 158 valence electrons. The molecule has 3 N–H and O–H groups in total. The molecule has 4 rings (SSSR count). The lowest BCUT2D eigenvalue weighted by Gasteiger charge is -2.40. The van der Waals surface area contributed by atoms with Crippen molar-refractivity contribution in [3.05, 3.63) is 35.6 Å². The number of thiazole rings is 1. The minimum atomic E-state index is -1.10. The number of aromatic nitrogens is 5. The Hall–Kier alpha value is -2.93. The Kier molecular flexibility index (Phi) is 5.24. The van der Waals surface area contributed by atoms with Gasteiger partial charge in [0.15, 0.2) is 23.5 Å². The fraction of sp³-hybridized carbons (Fsp3) is 0.389. The Morgan fingerprint density at radius 1 is 1.23 bits per heavy atom. The summed E-state index contributed by atoms with van der Waals surface area (Å²) < 4.78 is 1.59. The van der Waals surface area contributed by atoms with Crippen LogP contribution in [0.1, 0.15) is 30.7 Å². The Morgan fingerprint density at radius 3 is 2.63 bits per heavy atom. The topological polar surface area (TPSA) is 133 Å². The lowest BCUT2D eigenvalue weighted by Crippen LogP contribution is -2.51. The number of imidazole rings is 1. The molecule has 0 radical (unpaired) electrons. The van der Waals surface area contributed by atoms with Gasteiger partial charge in [0.2, 0.25) is 5.91 Å². The maximum atomic E-state index is 12.8. The molecule has 4 heterocycles. The van der Waals surface area contributed by atoms with E-state index in [1.165, 1.54) is 27.5 Å². The van der Waals surface area contributed by atoms with E-state index in [2.05, 4.69) is 25.3 Å². The van der Waals surface area contributed by atoms with E-state index in [-0.39, 0.29) is 5.91 Å². The predicted molar refractivity (Wildman–Crippen MR) is 111 cm³/mol. The number of carbonyl (C=O) groups excluding carboxylic acids is 1. The van der Waals surface area contributed by atoms with Crippen LogP contribution in [0, 0.1) is 6.92 Å². The zero-order valence-electron chi connectivity index (χ0n) is 16.9. The quantitative estimate of drug-likeness (QED) is 0.553. The van der Waals surface area contributed by atoms with E-state index in [0.717, 1.165) is 5.56 Å². The van der Waals surface area contributed by atoms with Gasteiger partial charge in [-0.1, -0.05) is 0 Å². The molecule has 0 spiro atoms. The van der Waals surface area contributed by atoms with Crippen molar-refractivity contribution >= 4 is 28.2 Å². The molecule has 1 amide bonds. The number of carbonyl (C=O) groups is 1. The first-order chi connectivity index (χ1) is 14.3. The number of anilines is 2. The first-order valence-corrected chi connectivity index (χ1v) is 10.1. The molecule has 0 aromatic carbocycles. The smallest absolute Gasteiger partial charge is 0.248 e. The second-order valence-corrected chi connectivity index (χ2v) is 7.94. The molecular formula is C18H22N8O3S. The number of aliphatic hydroxyl groups is 2. The van der Waals surface area contributed by atoms with Crippen LogP contribution in [0.5, 0.6) is 0 Å². The summed E-state index contributed by atoms with van der Waals surface area (Å²) in [4.78, 5) is 32.8. The first kappa shape index (κ1) is 20.3. The summed E-state index contributed by atoms with van der Waals surface area (Å²) in [6.07, 6.45) is 2.74. The van der Waals surface area contributed by atoms with Crippen LogP contribution in [-0.4, -0.2) is 66.0 Å². The summed E-state index contributed by atoms with van der Waals surface area (Å²) in [5.41, 5.74) is 1.88. The standard InChI is InChI=1S/C18H22N8O3S/c1-9(26-8-21-14-13(26)16(28)25(4)18(29)24(14)3)15(27)23-17-22-12(7-30-17)11-5-19-10(2)20-6-11/h5-9,16,18,28-29H,1-4H3,(H,22,23,27)/t9-,16-,18-/m0/s1. The number of nitrogens with zero attached hydrogens (tertiary/aromatic N) is 7. The van der Waals surface area contributed by atoms with Crippen LogP contribution in [0.4, 0.5) is 10.9 Å². The predicted octanol–water partition coefficient (Wildman–Crippen LogP) is 0.953. The van der Waals surface area contributed by atoms with Crippen molar-refractivity contribution in [2.45, 2.75) is 32.5 Å². The highest BCUT2D eigenvalue weighted by atomic mass is 32.1. The van der Waals surface area contributed by atoms with Crippen molar-refractivity contribution in [2.24, 2.45) is 0 Å². The van der Waals surface area contributed by atoms with Crippen molar-refractivity contribution in [3.63, 3.8) is 0 Å². The van der Waals surface area contributed by atoms with Gasteiger partial charge in [-0.2, -0.15) is 0 Å². The molecule has 12 heteroatoms. The van der Waals surface area contributed by atoms with Crippen molar-refractivity contribution < 1.29 is 15.0 Å². The SMILES string of the molecule is Cc1ncc(-c2csc(NC(=O)[C@H](C)n3cnc4c3[C@H](O)N(C)[C@@H](O)N4C)n2)cn1. The number of amides is 1. The molecule has 3 aromatic heterocycles. The fourth-order valence-electron chi connectivity index (χ4n) is 3.22. The summed E-state index contributed by atoms with van der Waals surface area (Å²) in [6, 6.07) is -0.664. The average molecular weight is 430 g/mol. The molecule has 0 fully saturated rings. The van der Waals surface area contributed by atoms with Crippen LogP contribution < -0.4 is 10.2 Å². The molecule has 1 aliphatic heterocycles. The lowest BCUT2D eigenvalue weighted by atomic mass is 10.2. The second-order valence-electron chi connectivity index (χ2n) is 7.08. The average Bonchev–Trinajstić information content (AvgIpc) is 3.38. The molecule has 0 unspecified atom stereocenters. The monoisotopic (exact) mass is 430 g/mol. The van der Waals surface area contributed by atoms with Gasteiger partial charge in [0.1, 0.15) is 17.6 Å². The number of aliphatic hydroxyl groups excluding tert-OH is 2. The third-order valence-corrected chi connectivity index (χ3v) is 5.85. The number of hydrogen-bond acceptors (Lipinski definition) is 10. The molecule has 0 bridgehead atoms. The van der Waals surface area contributed by atoms with Gasteiger partial charge in [0, 0.05) is 30.4 Å². The van der Waals surface area contributed by atoms with Crippen molar-refractivity contribution in [2.75, 3.05) is 24.3 Å². The van der Waals surface area contributed by atoms with E-state index in [9.17, 15) is 15.0 Å². The van der Waals surface area contributed by atoms with Crippen LogP contribution in [-0.2, 0) is 4.79 Å². The number of hydrogen-bond donors (Lipinski definition) is 3. The van der Waals surface area contributed by atoms with Gasteiger partial charge >= 0.3 is 0 Å². The van der Waals surface area contributed by atoms with Gasteiger partial charge in [0.25, 0.3) is 0 Å². The molecule has 0 aliphatic carbocycles. The highest BCUT2D eigenvalue weighted by Gasteiger charge is 2.38. The summed E-state index contributed by atoms with van der Waals surface area (Å²) in [6.45, 7) is 3.51. The van der Waals surface area contributed by atoms with E-state index in [1.807, 2.05) is 5.38 Å². The molecule has 1 aliphatic rings. The highest BCUT2D eigenvalue weighted by Crippen LogP contribution is 2.35. The summed E-state index contributed by atoms with van der Waals surface area (Å²) in [7, 11) is 3.25. The molecule has 30 heavy (non-hydrogen) atoms. The molecule has 3 aromatic rings. The molecule has 0 saturated carbocycles. The van der Waals surface area contributed by atoms with Crippen molar-refractivity contribution in [1.29, 1.82) is 0 Å². The molecular weight excluding hydrogens is 408 g/mol. The highest BCUT2D eigenvalue weighted by molar-refractivity contribution is 7.14. The van der Waals surface area contributed by atoms with Crippen molar-refractivity contribution in [3.8, 4) is 11.3 Å². The van der Waals surface area contributed by atoms with Gasteiger partial charge in [-0.05, 0) is 20.9 Å². The minimum Gasteiger partial charge on any atom is -0.372 e. The largest absolute Gasteiger partial charge is 0.372 e. The molecule has 0 saturated heterocycles. The van der Waals surface area contributed by atoms with E-state index in [1.54, 1.807) is 44.9 Å². The summed E-state index contributed by atoms with van der Waals surface area (Å²) in [5, 5.41) is 25.8. The lowest BCUT2D eigenvalue weighted by molar-refractivity contribution is -0.119. The van der Waals surface area contributed by atoms with Crippen LogP contribution in [0.25, 0.3) is 11.3 Å². The van der Waals surface area contributed by atoms with Crippen molar-refractivity contribution in [1.82, 2.24) is 29.4 Å². The van der Waals surface area contributed by atoms with Crippen LogP contribution in [0.15, 0.2) is 24.1 Å². The van der Waals surface area contributed by atoms with Gasteiger partial charge in [0.05, 0.1) is 12.0 Å². The Labute approximate surface area is 176 Å². The third-order valence-electron chi connectivity index (χ3n) is 5.09. The van der Waals surface area contributed by atoms with Gasteiger partial charge in [-0.15, -0.1) is 11.3 Å². The number of aryl methyl sites for hydroxylation is 1. The van der Waals surface area contributed by atoms with Crippen LogP contribution in [0.3, 0.4) is 0 Å². The van der Waals surface area contributed by atoms with E-state index >= 15 is 0 Å². The van der Waals surface area contributed by atoms with Gasteiger partial charge in [-0.3, -0.25) is 4.79 Å². The van der Waals surface area contributed by atoms with Gasteiger partial charge < -0.3 is 25.0 Å². The molecule has 3 atom stereocenters. The third kappa shape index (κ3) is 3.43. The van der Waals surface area contributed by atoms with Crippen LogP contribution >= 0.6 is 11.3 Å². The second kappa shape index (κ2) is 7.72. The van der Waals surface area contributed by atoms with Gasteiger partial charge in [-0.25, -0.2) is 24.8 Å². The van der Waals surface area contributed by atoms with E-state index in [0.29, 0.717) is 28.2 Å². The maximum absolute atomic E-state index is 12.8. The minimum absolute atomic E-state index is 0.306. The summed E-state index contributed by atoms with van der Waals surface area (Å²) in [5.74, 6) is 0.787. The number of nitrogens with one attached hydrogen (secondary N) is 1. The Morgan fingerprint density at radius 2 is 1.93 bits per heavy atom. The zero-order valence-corrected chi connectivity index (χ0v) is 17.7.